The smallest absolute Gasteiger partial charge is 0.334 e. The number of alkyl halides is 3. The first-order valence-corrected chi connectivity index (χ1v) is 8.79. The molecule has 1 saturated heterocycles. The van der Waals surface area contributed by atoms with E-state index in [2.05, 4.69) is 15.7 Å². The van der Waals surface area contributed by atoms with Gasteiger partial charge in [-0.05, 0) is 30.7 Å². The van der Waals surface area contributed by atoms with Gasteiger partial charge >= 0.3 is 12.2 Å². The van der Waals surface area contributed by atoms with Crippen molar-refractivity contribution in [1.82, 2.24) is 25.3 Å². The first-order valence-electron chi connectivity index (χ1n) is 8.41. The molecule has 6 nitrogen and oxygen atoms in total. The van der Waals surface area contributed by atoms with E-state index in [4.69, 9.17) is 11.6 Å². The number of hydrogen-bond acceptors (Lipinski definition) is 3. The van der Waals surface area contributed by atoms with Gasteiger partial charge in [0, 0.05) is 42.5 Å². The Morgan fingerprint density at radius 2 is 2.04 bits per heavy atom. The van der Waals surface area contributed by atoms with E-state index in [1.54, 1.807) is 29.2 Å². The monoisotopic (exact) mass is 401 g/mol. The lowest BCUT2D eigenvalue weighted by molar-refractivity contribution is -0.143. The SMILES string of the molecule is O=C(NCc1cnn(-c2ccc(Cl)cc2)c1)NC1CCN(CC(F)(F)F)C1. The van der Waals surface area contributed by atoms with Gasteiger partial charge in [-0.2, -0.15) is 18.3 Å². The van der Waals surface area contributed by atoms with Crippen LogP contribution in [0.15, 0.2) is 36.7 Å². The van der Waals surface area contributed by atoms with Crippen LogP contribution >= 0.6 is 11.6 Å². The van der Waals surface area contributed by atoms with Gasteiger partial charge in [0.2, 0.25) is 0 Å². The van der Waals surface area contributed by atoms with Gasteiger partial charge < -0.3 is 10.6 Å². The lowest BCUT2D eigenvalue weighted by atomic mass is 10.3. The van der Waals surface area contributed by atoms with Gasteiger partial charge in [0.1, 0.15) is 0 Å². The molecule has 3 rings (SSSR count). The third kappa shape index (κ3) is 5.86. The van der Waals surface area contributed by atoms with E-state index in [1.807, 2.05) is 12.1 Å². The van der Waals surface area contributed by atoms with Crippen LogP contribution in [0.1, 0.15) is 12.0 Å². The Hall–Kier alpha value is -2.26. The quantitative estimate of drug-likeness (QED) is 0.809. The Bertz CT molecular complexity index is 778. The number of hydrogen-bond donors (Lipinski definition) is 2. The van der Waals surface area contributed by atoms with E-state index >= 15 is 0 Å². The third-order valence-electron chi connectivity index (χ3n) is 4.19. The summed E-state index contributed by atoms with van der Waals surface area (Å²) in [4.78, 5) is 13.3. The number of aromatic nitrogens is 2. The molecule has 2 aromatic rings. The summed E-state index contributed by atoms with van der Waals surface area (Å²) in [7, 11) is 0. The maximum atomic E-state index is 12.4. The van der Waals surface area contributed by atoms with Gasteiger partial charge in [0.05, 0.1) is 18.4 Å². The predicted octanol–water partition coefficient (Wildman–Crippen LogP) is 2.96. The largest absolute Gasteiger partial charge is 0.401 e. The number of nitrogens with zero attached hydrogens (tertiary/aromatic N) is 3. The normalized spacial score (nSPS) is 17.9. The molecule has 1 fully saturated rings. The van der Waals surface area contributed by atoms with Crippen molar-refractivity contribution in [1.29, 1.82) is 0 Å². The van der Waals surface area contributed by atoms with Crippen LogP contribution < -0.4 is 10.6 Å². The molecule has 1 aromatic heterocycles. The van der Waals surface area contributed by atoms with E-state index in [-0.39, 0.29) is 19.1 Å². The molecule has 27 heavy (non-hydrogen) atoms. The fourth-order valence-electron chi connectivity index (χ4n) is 2.95. The summed E-state index contributed by atoms with van der Waals surface area (Å²) < 4.78 is 38.8. The average molecular weight is 402 g/mol. The van der Waals surface area contributed by atoms with Crippen molar-refractivity contribution < 1.29 is 18.0 Å². The van der Waals surface area contributed by atoms with Crippen molar-refractivity contribution in [2.24, 2.45) is 0 Å². The summed E-state index contributed by atoms with van der Waals surface area (Å²) in [6.45, 7) is -0.172. The van der Waals surface area contributed by atoms with Gasteiger partial charge in [0.15, 0.2) is 0 Å². The molecule has 10 heteroatoms. The highest BCUT2D eigenvalue weighted by Gasteiger charge is 2.34. The molecule has 2 heterocycles. The van der Waals surface area contributed by atoms with E-state index in [0.29, 0.717) is 18.0 Å². The topological polar surface area (TPSA) is 62.2 Å². The number of carbonyl (C=O) groups excluding carboxylic acids is 1. The van der Waals surface area contributed by atoms with Crippen LogP contribution in [-0.4, -0.2) is 52.6 Å². The Kier molecular flexibility index (Phi) is 5.91. The van der Waals surface area contributed by atoms with Crippen LogP contribution in [0.4, 0.5) is 18.0 Å². The highest BCUT2D eigenvalue weighted by Crippen LogP contribution is 2.20. The Labute approximate surface area is 159 Å². The number of halogens is 4. The standard InChI is InChI=1S/C17H19ClF3N5O/c18-13-1-3-15(4-2-13)26-9-12(8-23-26)7-22-16(27)24-14-5-6-25(10-14)11-17(19,20)21/h1-4,8-9,14H,5-7,10-11H2,(H2,22,24,27). The summed E-state index contributed by atoms with van der Waals surface area (Å²) in [6, 6.07) is 6.47. The summed E-state index contributed by atoms with van der Waals surface area (Å²) in [5.74, 6) is 0. The lowest BCUT2D eigenvalue weighted by Crippen LogP contribution is -2.43. The van der Waals surface area contributed by atoms with Gasteiger partial charge in [-0.1, -0.05) is 11.6 Å². The van der Waals surface area contributed by atoms with Gasteiger partial charge in [0.25, 0.3) is 0 Å². The summed E-state index contributed by atoms with van der Waals surface area (Å²) in [5, 5.41) is 10.3. The van der Waals surface area contributed by atoms with Gasteiger partial charge in [-0.25, -0.2) is 9.48 Å². The van der Waals surface area contributed by atoms with Crippen LogP contribution in [0, 0.1) is 0 Å². The highest BCUT2D eigenvalue weighted by molar-refractivity contribution is 6.30. The minimum absolute atomic E-state index is 0.196. The Balaban J connectivity index is 1.44. The van der Waals surface area contributed by atoms with Crippen LogP contribution in [0.25, 0.3) is 5.69 Å². The fraction of sp³-hybridized carbons (Fsp3) is 0.412. The van der Waals surface area contributed by atoms with Crippen molar-refractivity contribution >= 4 is 17.6 Å². The zero-order valence-corrected chi connectivity index (χ0v) is 15.1. The molecule has 0 saturated carbocycles. The zero-order valence-electron chi connectivity index (χ0n) is 14.3. The zero-order chi connectivity index (χ0) is 19.4. The molecule has 0 aliphatic carbocycles. The van der Waals surface area contributed by atoms with E-state index in [1.165, 1.54) is 4.90 Å². The minimum atomic E-state index is -4.22. The van der Waals surface area contributed by atoms with E-state index in [0.717, 1.165) is 11.3 Å². The Morgan fingerprint density at radius 3 is 2.74 bits per heavy atom. The first-order chi connectivity index (χ1) is 12.8. The molecule has 1 aliphatic heterocycles. The first kappa shape index (κ1) is 19.5. The second-order valence-electron chi connectivity index (χ2n) is 6.43. The third-order valence-corrected chi connectivity index (χ3v) is 4.44. The molecule has 2 N–H and O–H groups in total. The molecule has 2 amide bonds. The second-order valence-corrected chi connectivity index (χ2v) is 6.87. The van der Waals surface area contributed by atoms with Crippen molar-refractivity contribution in [3.8, 4) is 5.69 Å². The van der Waals surface area contributed by atoms with Crippen molar-refractivity contribution in [3.05, 3.63) is 47.2 Å². The van der Waals surface area contributed by atoms with Crippen LogP contribution in [0.2, 0.25) is 5.02 Å². The summed E-state index contributed by atoms with van der Waals surface area (Å²) in [5.41, 5.74) is 1.64. The number of rotatable bonds is 5. The molecule has 0 bridgehead atoms. The van der Waals surface area contributed by atoms with Crippen molar-refractivity contribution in [3.63, 3.8) is 0 Å². The predicted molar refractivity (Wildman–Crippen MR) is 94.8 cm³/mol. The molecule has 0 spiro atoms. The minimum Gasteiger partial charge on any atom is -0.334 e. The maximum absolute atomic E-state index is 12.4. The number of nitrogens with one attached hydrogen (secondary N) is 2. The molecule has 1 aromatic carbocycles. The molecular formula is C17H19ClF3N5O. The van der Waals surface area contributed by atoms with Gasteiger partial charge in [-0.15, -0.1) is 0 Å². The van der Waals surface area contributed by atoms with Crippen LogP contribution in [-0.2, 0) is 6.54 Å². The number of amides is 2. The summed E-state index contributed by atoms with van der Waals surface area (Å²) in [6.07, 6.45) is -0.306. The molecule has 1 aliphatic rings. The number of carbonyl (C=O) groups is 1. The number of urea groups is 1. The summed E-state index contributed by atoms with van der Waals surface area (Å²) >= 11 is 5.86. The fourth-order valence-corrected chi connectivity index (χ4v) is 3.08. The number of likely N-dealkylation sites (tertiary alicyclic amines) is 1. The van der Waals surface area contributed by atoms with E-state index < -0.39 is 18.8 Å². The Morgan fingerprint density at radius 1 is 1.30 bits per heavy atom. The molecule has 0 radical (unpaired) electrons. The molecule has 1 unspecified atom stereocenters. The lowest BCUT2D eigenvalue weighted by Gasteiger charge is -2.18. The molecule has 146 valence electrons. The van der Waals surface area contributed by atoms with Crippen LogP contribution in [0.3, 0.4) is 0 Å². The van der Waals surface area contributed by atoms with Crippen LogP contribution in [0.5, 0.6) is 0 Å². The average Bonchev–Trinajstić information content (AvgIpc) is 3.22. The maximum Gasteiger partial charge on any atom is 0.401 e. The van der Waals surface area contributed by atoms with E-state index in [9.17, 15) is 18.0 Å². The second kappa shape index (κ2) is 8.18. The number of benzene rings is 1. The molecule has 1 atom stereocenters. The highest BCUT2D eigenvalue weighted by atomic mass is 35.5. The molecular weight excluding hydrogens is 383 g/mol. The van der Waals surface area contributed by atoms with Crippen molar-refractivity contribution in [2.45, 2.75) is 25.2 Å². The van der Waals surface area contributed by atoms with Gasteiger partial charge in [-0.3, -0.25) is 4.90 Å². The van der Waals surface area contributed by atoms with Crippen molar-refractivity contribution in [2.75, 3.05) is 19.6 Å².